The molecule has 1 aromatic rings. The van der Waals surface area contributed by atoms with E-state index in [0.29, 0.717) is 5.92 Å². The molecule has 1 N–H and O–H groups in total. The maximum absolute atomic E-state index is 5.51. The summed E-state index contributed by atoms with van der Waals surface area (Å²) < 4.78 is 7.45. The van der Waals surface area contributed by atoms with Crippen molar-refractivity contribution in [3.8, 4) is 0 Å². The van der Waals surface area contributed by atoms with Crippen LogP contribution < -0.4 is 5.32 Å². The molecule has 0 saturated carbocycles. The Morgan fingerprint density at radius 1 is 1.50 bits per heavy atom. The largest absolute Gasteiger partial charge is 0.379 e. The fraction of sp³-hybridized carbons (Fsp3) is 0.750. The Morgan fingerprint density at radius 2 is 2.31 bits per heavy atom. The first kappa shape index (κ1) is 13.2. The SMILES string of the molecule is CCNCc1cnn(CCOCC(C)C)c1. The first-order valence-corrected chi connectivity index (χ1v) is 6.02. The van der Waals surface area contributed by atoms with Gasteiger partial charge in [-0.15, -0.1) is 0 Å². The quantitative estimate of drug-likeness (QED) is 0.684. The number of nitrogens with zero attached hydrogens (tertiary/aromatic N) is 2. The van der Waals surface area contributed by atoms with Crippen molar-refractivity contribution in [2.75, 3.05) is 19.8 Å². The van der Waals surface area contributed by atoms with E-state index in [1.165, 1.54) is 5.56 Å². The number of rotatable bonds is 8. The lowest BCUT2D eigenvalue weighted by atomic mass is 10.2. The van der Waals surface area contributed by atoms with Gasteiger partial charge < -0.3 is 10.1 Å². The number of hydrogen-bond donors (Lipinski definition) is 1. The van der Waals surface area contributed by atoms with Crippen LogP contribution in [-0.4, -0.2) is 29.5 Å². The molecule has 4 heteroatoms. The minimum atomic E-state index is 0.599. The highest BCUT2D eigenvalue weighted by Crippen LogP contribution is 1.98. The van der Waals surface area contributed by atoms with E-state index in [2.05, 4.69) is 37.4 Å². The maximum atomic E-state index is 5.51. The van der Waals surface area contributed by atoms with Crippen LogP contribution in [0.2, 0.25) is 0 Å². The van der Waals surface area contributed by atoms with Gasteiger partial charge in [-0.1, -0.05) is 20.8 Å². The summed E-state index contributed by atoms with van der Waals surface area (Å²) in [5.74, 6) is 0.599. The second-order valence-electron chi connectivity index (χ2n) is 4.36. The van der Waals surface area contributed by atoms with Gasteiger partial charge in [-0.3, -0.25) is 4.68 Å². The normalized spacial score (nSPS) is 11.2. The van der Waals surface area contributed by atoms with Crippen molar-refractivity contribution in [1.29, 1.82) is 0 Å². The molecule has 0 aliphatic rings. The third kappa shape index (κ3) is 5.28. The minimum Gasteiger partial charge on any atom is -0.379 e. The fourth-order valence-corrected chi connectivity index (χ4v) is 1.37. The molecule has 1 rings (SSSR count). The van der Waals surface area contributed by atoms with Crippen LogP contribution in [0.25, 0.3) is 0 Å². The third-order valence-electron chi connectivity index (χ3n) is 2.18. The highest BCUT2D eigenvalue weighted by molar-refractivity contribution is 5.02. The summed E-state index contributed by atoms with van der Waals surface area (Å²) in [5.41, 5.74) is 1.23. The Morgan fingerprint density at radius 3 is 3.00 bits per heavy atom. The van der Waals surface area contributed by atoms with Gasteiger partial charge in [-0.05, 0) is 12.5 Å². The summed E-state index contributed by atoms with van der Waals surface area (Å²) in [6, 6.07) is 0. The van der Waals surface area contributed by atoms with Crippen molar-refractivity contribution in [3.63, 3.8) is 0 Å². The number of ether oxygens (including phenoxy) is 1. The Labute approximate surface area is 98.0 Å². The lowest BCUT2D eigenvalue weighted by Crippen LogP contribution is -2.11. The second kappa shape index (κ2) is 7.41. The van der Waals surface area contributed by atoms with Gasteiger partial charge in [-0.2, -0.15) is 5.10 Å². The van der Waals surface area contributed by atoms with Crippen LogP contribution in [0.5, 0.6) is 0 Å². The molecule has 92 valence electrons. The standard InChI is InChI=1S/C12H23N3O/c1-4-13-7-12-8-14-15(9-12)5-6-16-10-11(2)3/h8-9,11,13H,4-7,10H2,1-3H3. The highest BCUT2D eigenvalue weighted by Gasteiger charge is 1.98. The van der Waals surface area contributed by atoms with Gasteiger partial charge in [0.15, 0.2) is 0 Å². The Balaban J connectivity index is 2.19. The van der Waals surface area contributed by atoms with E-state index in [1.54, 1.807) is 0 Å². The zero-order valence-electron chi connectivity index (χ0n) is 10.6. The summed E-state index contributed by atoms with van der Waals surface area (Å²) in [7, 11) is 0. The van der Waals surface area contributed by atoms with E-state index in [-0.39, 0.29) is 0 Å². The lowest BCUT2D eigenvalue weighted by molar-refractivity contribution is 0.101. The molecule has 1 aromatic heterocycles. The van der Waals surface area contributed by atoms with Crippen molar-refractivity contribution in [3.05, 3.63) is 18.0 Å². The molecule has 0 aromatic carbocycles. The average Bonchev–Trinajstić information content (AvgIpc) is 2.69. The van der Waals surface area contributed by atoms with E-state index in [1.807, 2.05) is 10.9 Å². The van der Waals surface area contributed by atoms with Crippen molar-refractivity contribution in [2.24, 2.45) is 5.92 Å². The van der Waals surface area contributed by atoms with Crippen molar-refractivity contribution in [2.45, 2.75) is 33.9 Å². The smallest absolute Gasteiger partial charge is 0.0662 e. The van der Waals surface area contributed by atoms with E-state index in [9.17, 15) is 0 Å². The van der Waals surface area contributed by atoms with Gasteiger partial charge in [0.2, 0.25) is 0 Å². The Hall–Kier alpha value is -0.870. The summed E-state index contributed by atoms with van der Waals surface area (Å²) in [6.07, 6.45) is 3.98. The van der Waals surface area contributed by atoms with Gasteiger partial charge in [0.1, 0.15) is 0 Å². The van der Waals surface area contributed by atoms with Gasteiger partial charge in [0.25, 0.3) is 0 Å². The van der Waals surface area contributed by atoms with Crippen LogP contribution in [0.3, 0.4) is 0 Å². The molecule has 0 fully saturated rings. The molecule has 1 heterocycles. The zero-order valence-corrected chi connectivity index (χ0v) is 10.6. The van der Waals surface area contributed by atoms with Crippen LogP contribution in [0.1, 0.15) is 26.3 Å². The predicted octanol–water partition coefficient (Wildman–Crippen LogP) is 1.67. The first-order valence-electron chi connectivity index (χ1n) is 6.02. The van der Waals surface area contributed by atoms with Gasteiger partial charge in [-0.25, -0.2) is 0 Å². The van der Waals surface area contributed by atoms with Gasteiger partial charge in [0, 0.05) is 24.9 Å². The first-order chi connectivity index (χ1) is 7.72. The summed E-state index contributed by atoms with van der Waals surface area (Å²) in [6.45, 7) is 10.7. The number of aromatic nitrogens is 2. The second-order valence-corrected chi connectivity index (χ2v) is 4.36. The topological polar surface area (TPSA) is 39.1 Å². The van der Waals surface area contributed by atoms with Crippen molar-refractivity contribution in [1.82, 2.24) is 15.1 Å². The average molecular weight is 225 g/mol. The van der Waals surface area contributed by atoms with Crippen LogP contribution in [-0.2, 0) is 17.8 Å². The highest BCUT2D eigenvalue weighted by atomic mass is 16.5. The van der Waals surface area contributed by atoms with Crippen LogP contribution in [0.4, 0.5) is 0 Å². The lowest BCUT2D eigenvalue weighted by Gasteiger charge is -2.06. The number of hydrogen-bond acceptors (Lipinski definition) is 3. The Bertz CT molecular complexity index is 284. The minimum absolute atomic E-state index is 0.599. The molecule has 0 atom stereocenters. The van der Waals surface area contributed by atoms with Crippen LogP contribution in [0, 0.1) is 5.92 Å². The monoisotopic (exact) mass is 225 g/mol. The van der Waals surface area contributed by atoms with Crippen LogP contribution in [0.15, 0.2) is 12.4 Å². The predicted molar refractivity (Wildman–Crippen MR) is 65.3 cm³/mol. The van der Waals surface area contributed by atoms with Gasteiger partial charge in [0.05, 0.1) is 19.3 Å². The molecule has 0 saturated heterocycles. The molecule has 0 radical (unpaired) electrons. The summed E-state index contributed by atoms with van der Waals surface area (Å²) in [4.78, 5) is 0. The molecule has 16 heavy (non-hydrogen) atoms. The molecular weight excluding hydrogens is 202 g/mol. The zero-order chi connectivity index (χ0) is 11.8. The van der Waals surface area contributed by atoms with Gasteiger partial charge >= 0.3 is 0 Å². The molecule has 4 nitrogen and oxygen atoms in total. The van der Waals surface area contributed by atoms with E-state index in [4.69, 9.17) is 4.74 Å². The Kier molecular flexibility index (Phi) is 6.11. The summed E-state index contributed by atoms with van der Waals surface area (Å²) in [5, 5.41) is 7.56. The van der Waals surface area contributed by atoms with E-state index in [0.717, 1.165) is 32.8 Å². The molecular formula is C12H23N3O. The van der Waals surface area contributed by atoms with Crippen molar-refractivity contribution >= 4 is 0 Å². The van der Waals surface area contributed by atoms with Crippen LogP contribution >= 0.6 is 0 Å². The van der Waals surface area contributed by atoms with E-state index < -0.39 is 0 Å². The summed E-state index contributed by atoms with van der Waals surface area (Å²) >= 11 is 0. The molecule has 0 amide bonds. The molecule has 0 unspecified atom stereocenters. The molecule has 0 spiro atoms. The third-order valence-corrected chi connectivity index (χ3v) is 2.18. The van der Waals surface area contributed by atoms with E-state index >= 15 is 0 Å². The maximum Gasteiger partial charge on any atom is 0.0662 e. The molecule has 0 aliphatic carbocycles. The fourth-order valence-electron chi connectivity index (χ4n) is 1.37. The number of nitrogens with one attached hydrogen (secondary N) is 1. The van der Waals surface area contributed by atoms with Crippen molar-refractivity contribution < 1.29 is 4.74 Å². The molecule has 0 aliphatic heterocycles. The molecule has 0 bridgehead atoms.